The minimum Gasteiger partial charge on any atom is -0.494 e. The number of nitrogens with zero attached hydrogens (tertiary/aromatic N) is 2. The minimum atomic E-state index is -0.499. The minimum absolute atomic E-state index is 0.0310. The third-order valence-corrected chi connectivity index (χ3v) is 4.94. The van der Waals surface area contributed by atoms with Crippen LogP contribution in [0.5, 0.6) is 11.6 Å². The van der Waals surface area contributed by atoms with E-state index >= 15 is 0 Å². The summed E-state index contributed by atoms with van der Waals surface area (Å²) in [6, 6.07) is 17.2. The molecule has 4 rings (SSSR count). The van der Waals surface area contributed by atoms with Gasteiger partial charge in [0.05, 0.1) is 23.8 Å². The Kier molecular flexibility index (Phi) is 4.68. The van der Waals surface area contributed by atoms with E-state index in [4.69, 9.17) is 26.8 Å². The summed E-state index contributed by atoms with van der Waals surface area (Å²) in [4.78, 5) is 0. The van der Waals surface area contributed by atoms with E-state index < -0.39 is 5.92 Å². The van der Waals surface area contributed by atoms with Gasteiger partial charge in [-0.2, -0.15) is 5.26 Å². The smallest absolute Gasteiger partial charge is 0.244 e. The number of rotatable bonds is 4. The summed E-state index contributed by atoms with van der Waals surface area (Å²) in [5, 5.41) is 17.7. The van der Waals surface area contributed by atoms with Gasteiger partial charge < -0.3 is 15.2 Å². The van der Waals surface area contributed by atoms with Gasteiger partial charge in [-0.05, 0) is 19.1 Å². The van der Waals surface area contributed by atoms with Gasteiger partial charge >= 0.3 is 0 Å². The van der Waals surface area contributed by atoms with E-state index in [1.165, 1.54) is 0 Å². The number of nitrogens with two attached hydrogens (primary N) is 1. The largest absolute Gasteiger partial charge is 0.494 e. The lowest BCUT2D eigenvalue weighted by molar-refractivity contribution is 0.334. The standard InChI is InChI=1S/C21H17ClN4O2/c1-2-27-16-10-6-4-8-13(16)17-14(11-23)20(24)28-21-18(17)19(25-26-21)12-7-3-5-9-15(12)22/h3-10,17H,2,24H2,1H3,(H,25,26)/t17-/m0/s1. The molecule has 0 radical (unpaired) electrons. The van der Waals surface area contributed by atoms with Crippen LogP contribution in [0, 0.1) is 11.3 Å². The maximum Gasteiger partial charge on any atom is 0.244 e. The Morgan fingerprint density at radius 3 is 2.75 bits per heavy atom. The average Bonchev–Trinajstić information content (AvgIpc) is 3.11. The monoisotopic (exact) mass is 392 g/mol. The van der Waals surface area contributed by atoms with Crippen molar-refractivity contribution in [3.8, 4) is 29.0 Å². The fraction of sp³-hybridized carbons (Fsp3) is 0.143. The number of ether oxygens (including phenoxy) is 2. The Morgan fingerprint density at radius 1 is 1.25 bits per heavy atom. The van der Waals surface area contributed by atoms with E-state index in [1.54, 1.807) is 6.07 Å². The number of hydrogen-bond donors (Lipinski definition) is 2. The predicted octanol–water partition coefficient (Wildman–Crippen LogP) is 4.35. The highest BCUT2D eigenvalue weighted by Gasteiger charge is 2.37. The van der Waals surface area contributed by atoms with Gasteiger partial charge in [-0.25, -0.2) is 0 Å². The molecule has 0 bridgehead atoms. The SMILES string of the molecule is CCOc1ccccc1[C@H]1C(C#N)=C(N)Oc2n[nH]c(-c3ccccc3Cl)c21. The molecule has 0 fully saturated rings. The van der Waals surface area contributed by atoms with Gasteiger partial charge in [0.15, 0.2) is 0 Å². The third kappa shape index (κ3) is 2.86. The molecule has 6 nitrogen and oxygen atoms in total. The van der Waals surface area contributed by atoms with E-state index in [0.717, 1.165) is 11.1 Å². The zero-order valence-corrected chi connectivity index (χ0v) is 15.8. The summed E-state index contributed by atoms with van der Waals surface area (Å²) in [5.74, 6) is 0.530. The van der Waals surface area contributed by atoms with Gasteiger partial charge in [-0.3, -0.25) is 5.10 Å². The van der Waals surface area contributed by atoms with Crippen LogP contribution in [0.15, 0.2) is 60.0 Å². The van der Waals surface area contributed by atoms with E-state index in [1.807, 2.05) is 49.4 Å². The normalized spacial score (nSPS) is 15.5. The molecule has 0 saturated carbocycles. The number of aromatic nitrogens is 2. The van der Waals surface area contributed by atoms with Gasteiger partial charge in [-0.1, -0.05) is 48.0 Å². The Hall–Kier alpha value is -3.43. The maximum absolute atomic E-state index is 9.83. The number of hydrogen-bond acceptors (Lipinski definition) is 5. The first kappa shape index (κ1) is 18.0. The molecule has 0 aliphatic carbocycles. The molecule has 3 aromatic rings. The van der Waals surface area contributed by atoms with Crippen LogP contribution in [0.25, 0.3) is 11.3 Å². The van der Waals surface area contributed by atoms with Crippen molar-refractivity contribution in [3.05, 3.63) is 76.1 Å². The lowest BCUT2D eigenvalue weighted by Gasteiger charge is -2.25. The van der Waals surface area contributed by atoms with Crippen molar-refractivity contribution >= 4 is 11.6 Å². The van der Waals surface area contributed by atoms with Gasteiger partial charge in [0, 0.05) is 16.1 Å². The molecule has 140 valence electrons. The van der Waals surface area contributed by atoms with Crippen LogP contribution in [0.2, 0.25) is 5.02 Å². The molecule has 7 heteroatoms. The number of allylic oxidation sites excluding steroid dienone is 1. The second-order valence-electron chi connectivity index (χ2n) is 6.19. The molecular weight excluding hydrogens is 376 g/mol. The average molecular weight is 393 g/mol. The van der Waals surface area contributed by atoms with Crippen LogP contribution in [-0.4, -0.2) is 16.8 Å². The van der Waals surface area contributed by atoms with E-state index in [9.17, 15) is 5.26 Å². The quantitative estimate of drug-likeness (QED) is 0.688. The molecule has 1 aliphatic heterocycles. The number of para-hydroxylation sites is 1. The molecule has 0 unspecified atom stereocenters. The summed E-state index contributed by atoms with van der Waals surface area (Å²) in [6.07, 6.45) is 0. The topological polar surface area (TPSA) is 96.9 Å². The molecule has 0 amide bonds. The van der Waals surface area contributed by atoms with Crippen LogP contribution >= 0.6 is 11.6 Å². The third-order valence-electron chi connectivity index (χ3n) is 4.61. The Labute approximate surface area is 167 Å². The fourth-order valence-corrected chi connectivity index (χ4v) is 3.66. The molecule has 0 saturated heterocycles. The summed E-state index contributed by atoms with van der Waals surface area (Å²) < 4.78 is 11.4. The molecule has 1 aliphatic rings. The molecule has 3 N–H and O–H groups in total. The first-order valence-corrected chi connectivity index (χ1v) is 9.16. The lowest BCUT2D eigenvalue weighted by atomic mass is 9.82. The highest BCUT2D eigenvalue weighted by molar-refractivity contribution is 6.33. The molecule has 1 aromatic heterocycles. The Bertz CT molecular complexity index is 1110. The first-order valence-electron chi connectivity index (χ1n) is 8.78. The number of aromatic amines is 1. The number of H-pyrrole nitrogens is 1. The molecule has 0 spiro atoms. The van der Waals surface area contributed by atoms with Crippen molar-refractivity contribution < 1.29 is 9.47 Å². The van der Waals surface area contributed by atoms with Crippen LogP contribution in [0.3, 0.4) is 0 Å². The highest BCUT2D eigenvalue weighted by atomic mass is 35.5. The van der Waals surface area contributed by atoms with Gasteiger partial charge in [0.2, 0.25) is 11.8 Å². The maximum atomic E-state index is 9.83. The highest BCUT2D eigenvalue weighted by Crippen LogP contribution is 2.48. The van der Waals surface area contributed by atoms with Crippen molar-refractivity contribution in [2.45, 2.75) is 12.8 Å². The predicted molar refractivity (Wildman–Crippen MR) is 106 cm³/mol. The van der Waals surface area contributed by atoms with E-state index in [-0.39, 0.29) is 5.88 Å². The zero-order chi connectivity index (χ0) is 19.7. The number of nitrogens with one attached hydrogen (secondary N) is 1. The summed E-state index contributed by atoms with van der Waals surface area (Å²) >= 11 is 6.42. The van der Waals surface area contributed by atoms with Crippen molar-refractivity contribution in [2.75, 3.05) is 6.61 Å². The Morgan fingerprint density at radius 2 is 2.00 bits per heavy atom. The fourth-order valence-electron chi connectivity index (χ4n) is 3.43. The second-order valence-corrected chi connectivity index (χ2v) is 6.60. The van der Waals surface area contributed by atoms with Gasteiger partial charge in [0.1, 0.15) is 17.4 Å². The first-order chi connectivity index (χ1) is 13.7. The molecule has 1 atom stereocenters. The summed E-state index contributed by atoms with van der Waals surface area (Å²) in [6.45, 7) is 2.41. The molecular formula is C21H17ClN4O2. The van der Waals surface area contributed by atoms with Crippen molar-refractivity contribution in [1.29, 1.82) is 5.26 Å². The van der Waals surface area contributed by atoms with Crippen molar-refractivity contribution in [1.82, 2.24) is 10.2 Å². The van der Waals surface area contributed by atoms with Gasteiger partial charge in [-0.15, -0.1) is 5.10 Å². The van der Waals surface area contributed by atoms with Crippen LogP contribution < -0.4 is 15.2 Å². The number of fused-ring (bicyclic) bond motifs is 1. The van der Waals surface area contributed by atoms with Crippen LogP contribution in [-0.2, 0) is 0 Å². The Balaban J connectivity index is 1.99. The van der Waals surface area contributed by atoms with Crippen molar-refractivity contribution in [2.24, 2.45) is 5.73 Å². The summed E-state index contributed by atoms with van der Waals surface area (Å²) in [7, 11) is 0. The van der Waals surface area contributed by atoms with E-state index in [2.05, 4.69) is 16.3 Å². The van der Waals surface area contributed by atoms with Crippen LogP contribution in [0.4, 0.5) is 0 Å². The van der Waals surface area contributed by atoms with E-state index in [0.29, 0.717) is 40.1 Å². The lowest BCUT2D eigenvalue weighted by Crippen LogP contribution is -2.21. The number of benzene rings is 2. The molecule has 2 heterocycles. The van der Waals surface area contributed by atoms with Crippen molar-refractivity contribution in [3.63, 3.8) is 0 Å². The molecule has 2 aromatic carbocycles. The second kappa shape index (κ2) is 7.29. The summed E-state index contributed by atoms with van der Waals surface area (Å²) in [5.41, 5.74) is 9.30. The molecule has 28 heavy (non-hydrogen) atoms. The number of halogens is 1. The van der Waals surface area contributed by atoms with Crippen LogP contribution in [0.1, 0.15) is 24.0 Å². The number of nitriles is 1. The van der Waals surface area contributed by atoms with Gasteiger partial charge in [0.25, 0.3) is 0 Å². The zero-order valence-electron chi connectivity index (χ0n) is 15.1.